The summed E-state index contributed by atoms with van der Waals surface area (Å²) in [6.45, 7) is 1.24. The topological polar surface area (TPSA) is 114 Å². The molecule has 0 fully saturated rings. The summed E-state index contributed by atoms with van der Waals surface area (Å²) in [6.07, 6.45) is 19.9. The number of ether oxygens (including phenoxy) is 1. The second-order valence-electron chi connectivity index (χ2n) is 17.6. The van der Waals surface area contributed by atoms with Crippen LogP contribution in [0.3, 0.4) is 0 Å². The molecule has 2 aliphatic heterocycles. The van der Waals surface area contributed by atoms with Crippen LogP contribution in [0.1, 0.15) is 45.9 Å². The number of rotatable bonds is 13. The van der Waals surface area contributed by atoms with Crippen LogP contribution in [0, 0.1) is 0 Å². The molecule has 0 aliphatic carbocycles. The molecule has 0 atom stereocenters. The molecule has 12 rings (SSSR count). The summed E-state index contributed by atoms with van der Waals surface area (Å²) < 4.78 is 6.47. The molecule has 8 bridgehead atoms. The van der Waals surface area contributed by atoms with Gasteiger partial charge in [-0.15, -0.1) is 22.1 Å². The molecule has 0 spiro atoms. The van der Waals surface area contributed by atoms with Gasteiger partial charge in [-0.3, -0.25) is 20.3 Å². The second kappa shape index (κ2) is 20.9. The average molecular weight is 990 g/mol. The Labute approximate surface area is 433 Å². The predicted molar refractivity (Wildman–Crippen MR) is 289 cm³/mol. The Hall–Kier alpha value is -8.82. The fourth-order valence-corrected chi connectivity index (χ4v) is 9.95. The molecule has 0 saturated heterocycles. The molecule has 10 heteroatoms. The monoisotopic (exact) mass is 988 g/mol. The van der Waals surface area contributed by atoms with E-state index in [-0.39, 0.29) is 16.5 Å². The summed E-state index contributed by atoms with van der Waals surface area (Å²) in [4.78, 5) is 34.5. The van der Waals surface area contributed by atoms with Crippen molar-refractivity contribution < 1.29 is 21.2 Å². The number of fused-ring (bicyclic) bond motifs is 8. The molecule has 4 aromatic carbocycles. The average Bonchev–Trinajstić information content (AvgIpc) is 4.31. The summed E-state index contributed by atoms with van der Waals surface area (Å²) in [7, 11) is 0. The van der Waals surface area contributed by atoms with E-state index in [1.807, 2.05) is 48.5 Å². The van der Waals surface area contributed by atoms with E-state index in [1.165, 1.54) is 16.7 Å². The summed E-state index contributed by atoms with van der Waals surface area (Å²) in [5.74, 6) is 0.779. The van der Waals surface area contributed by atoms with Crippen LogP contribution >= 0.6 is 0 Å². The fourth-order valence-electron chi connectivity index (χ4n) is 9.95. The Kier molecular flexibility index (Phi) is 13.3. The summed E-state index contributed by atoms with van der Waals surface area (Å²) >= 11 is 0. The number of nitrogens with one attached hydrogen (secondary N) is 1. The van der Waals surface area contributed by atoms with Gasteiger partial charge < -0.3 is 14.7 Å². The summed E-state index contributed by atoms with van der Waals surface area (Å²) in [6, 6.07) is 60.6. The van der Waals surface area contributed by atoms with Crippen molar-refractivity contribution in [2.24, 2.45) is 0 Å². The van der Waals surface area contributed by atoms with E-state index >= 15 is 0 Å². The van der Waals surface area contributed by atoms with E-state index in [9.17, 15) is 0 Å². The van der Waals surface area contributed by atoms with Gasteiger partial charge >= 0.3 is 16.5 Å². The Morgan fingerprint density at radius 3 is 1.05 bits per heavy atom. The largest absolute Gasteiger partial charge is 2.00 e. The minimum Gasteiger partial charge on any atom is -0.657 e. The predicted octanol–water partition coefficient (Wildman–Crippen LogP) is 13.1. The third-order valence-electron chi connectivity index (χ3n) is 13.3. The summed E-state index contributed by atoms with van der Waals surface area (Å²) in [5.41, 5.74) is 16.6. The maximum atomic E-state index is 6.47. The first-order valence-corrected chi connectivity index (χ1v) is 24.1. The van der Waals surface area contributed by atoms with Crippen molar-refractivity contribution in [2.45, 2.75) is 12.0 Å². The van der Waals surface area contributed by atoms with Crippen molar-refractivity contribution in [3.05, 3.63) is 253 Å². The van der Waals surface area contributed by atoms with Crippen LogP contribution in [-0.4, -0.2) is 38.1 Å². The molecule has 2 aliphatic rings. The smallest absolute Gasteiger partial charge is 0.657 e. The zero-order valence-electron chi connectivity index (χ0n) is 39.5. The summed E-state index contributed by atoms with van der Waals surface area (Å²) in [5, 5.41) is 3.98. The van der Waals surface area contributed by atoms with Gasteiger partial charge in [-0.25, -0.2) is 9.97 Å². The third-order valence-corrected chi connectivity index (χ3v) is 13.3. The first kappa shape index (κ1) is 46.6. The number of benzene rings is 4. The van der Waals surface area contributed by atoms with Gasteiger partial charge in [0.05, 0.1) is 34.9 Å². The van der Waals surface area contributed by atoms with Crippen LogP contribution in [0.25, 0.3) is 90.9 Å². The van der Waals surface area contributed by atoms with Gasteiger partial charge in [0.25, 0.3) is 0 Å². The van der Waals surface area contributed by atoms with Crippen LogP contribution in [0.15, 0.2) is 213 Å². The van der Waals surface area contributed by atoms with Gasteiger partial charge in [0.2, 0.25) is 0 Å². The van der Waals surface area contributed by atoms with E-state index in [1.54, 1.807) is 37.2 Å². The van der Waals surface area contributed by atoms with Gasteiger partial charge in [0.1, 0.15) is 5.75 Å². The van der Waals surface area contributed by atoms with Crippen molar-refractivity contribution in [1.29, 1.82) is 0 Å². The van der Waals surface area contributed by atoms with E-state index < -0.39 is 5.54 Å². The van der Waals surface area contributed by atoms with Crippen LogP contribution in [0.4, 0.5) is 0 Å². The van der Waals surface area contributed by atoms with Crippen molar-refractivity contribution in [3.63, 3.8) is 0 Å². The molecular formula is C63H46N8NiO. The van der Waals surface area contributed by atoms with Crippen molar-refractivity contribution in [1.82, 2.24) is 40.2 Å². The molecule has 6 aromatic heterocycles. The first-order chi connectivity index (χ1) is 35.7. The maximum Gasteiger partial charge on any atom is 2.00 e. The molecule has 1 N–H and O–H groups in total. The quantitative estimate of drug-likeness (QED) is 0.0685. The number of aromatic nitrogens is 7. The van der Waals surface area contributed by atoms with Crippen LogP contribution in [0.5, 0.6) is 5.75 Å². The van der Waals surface area contributed by atoms with Crippen molar-refractivity contribution >= 4 is 46.4 Å². The van der Waals surface area contributed by atoms with Crippen LogP contribution < -0.4 is 20.0 Å². The minimum absolute atomic E-state index is 0. The Balaban J connectivity index is 0.00000574. The molecule has 354 valence electrons. The van der Waals surface area contributed by atoms with Gasteiger partial charge in [-0.1, -0.05) is 127 Å². The molecule has 73 heavy (non-hydrogen) atoms. The molecule has 0 saturated carbocycles. The van der Waals surface area contributed by atoms with E-state index in [0.717, 1.165) is 108 Å². The minimum atomic E-state index is -0.544. The van der Waals surface area contributed by atoms with Gasteiger partial charge in [0.15, 0.2) is 0 Å². The third kappa shape index (κ3) is 9.22. The Bertz CT molecular complexity index is 3620. The molecular weight excluding hydrogens is 943 g/mol. The molecule has 8 heterocycles. The van der Waals surface area contributed by atoms with E-state index in [0.29, 0.717) is 6.61 Å². The second-order valence-corrected chi connectivity index (χ2v) is 17.6. The molecule has 10 aromatic rings. The van der Waals surface area contributed by atoms with E-state index in [2.05, 4.69) is 172 Å². The van der Waals surface area contributed by atoms with Crippen molar-refractivity contribution in [2.75, 3.05) is 13.2 Å². The molecule has 0 amide bonds. The number of hydrogen-bond acceptors (Lipinski definition) is 7. The molecule has 0 unspecified atom stereocenters. The van der Waals surface area contributed by atoms with E-state index in [4.69, 9.17) is 24.7 Å². The van der Waals surface area contributed by atoms with Gasteiger partial charge in [-0.05, 0) is 147 Å². The van der Waals surface area contributed by atoms with Crippen LogP contribution in [-0.2, 0) is 22.0 Å². The van der Waals surface area contributed by atoms with Crippen LogP contribution in [0.2, 0.25) is 0 Å². The SMILES string of the molecule is C1=Cc2nc1c(-c1ccncc1)c1ccc([n-]1)c(-c1ccncc1)c1nc(c(-c3ccc(OCCCNC(c4ccccc4)(c4ccccc4)c4ccccc4)cc3)c3ccc([n-]3)c2-c2ccncc2)C=C1.[Ni+2]. The first-order valence-electron chi connectivity index (χ1n) is 24.1. The Morgan fingerprint density at radius 2 is 0.712 bits per heavy atom. The Morgan fingerprint density at radius 1 is 0.384 bits per heavy atom. The van der Waals surface area contributed by atoms with Gasteiger partial charge in [0, 0.05) is 37.2 Å². The normalized spacial score (nSPS) is 11.8. The fraction of sp³-hybridized carbons (Fsp3) is 0.0635. The number of pyridine rings is 3. The van der Waals surface area contributed by atoms with Crippen molar-refractivity contribution in [3.8, 4) is 50.3 Å². The standard InChI is InChI=1S/C63H46N8O.Ni/c1-4-11-47(12-5-1)63(48-13-6-2-7-14-48,49-15-8-3-9-16-49)67-35-10-42-72-50-19-17-43(18-20-50)59-51-21-23-53(68-51)60(44-29-36-64-37-30-44)55-25-27-57(70-55)62(46-33-40-66-41-34-46)58-28-26-56(71-58)61(45-31-38-65-39-32-45)54-24-22-52(59)69-54;/h1-9,11-34,36-41,67H,10,35,42H2;/q-2;+2. The molecule has 9 nitrogen and oxygen atoms in total. The van der Waals surface area contributed by atoms with Gasteiger partial charge in [-0.2, -0.15) is 0 Å². The zero-order chi connectivity index (χ0) is 48.1. The molecule has 0 radical (unpaired) electrons. The number of hydrogen-bond donors (Lipinski definition) is 1. The maximum absolute atomic E-state index is 6.47. The zero-order valence-corrected chi connectivity index (χ0v) is 40.5. The number of nitrogens with zero attached hydrogens (tertiary/aromatic N) is 7.